The summed E-state index contributed by atoms with van der Waals surface area (Å²) in [4.78, 5) is 12.4. The lowest BCUT2D eigenvalue weighted by Gasteiger charge is -2.09. The Labute approximate surface area is 165 Å². The zero-order valence-corrected chi connectivity index (χ0v) is 16.2. The fraction of sp³-hybridized carbons (Fsp3) is 0.273. The number of benzene rings is 2. The zero-order chi connectivity index (χ0) is 19.8. The van der Waals surface area contributed by atoms with E-state index in [0.29, 0.717) is 25.3 Å². The van der Waals surface area contributed by atoms with Gasteiger partial charge in [-0.3, -0.25) is 9.48 Å². The molecule has 0 aliphatic rings. The second-order valence-electron chi connectivity index (χ2n) is 6.28. The Balaban J connectivity index is 1.54. The number of aromatic nitrogens is 2. The fourth-order valence-corrected chi connectivity index (χ4v) is 2.72. The topological polar surface area (TPSA) is 65.4 Å². The van der Waals surface area contributed by atoms with E-state index >= 15 is 0 Å². The van der Waals surface area contributed by atoms with Crippen molar-refractivity contribution in [3.05, 3.63) is 77.6 Å². The number of hydrogen-bond acceptors (Lipinski definition) is 4. The van der Waals surface area contributed by atoms with Crippen LogP contribution < -0.4 is 14.8 Å². The number of nitrogens with zero attached hydrogens (tertiary/aromatic N) is 2. The summed E-state index contributed by atoms with van der Waals surface area (Å²) in [6, 6.07) is 14.9. The van der Waals surface area contributed by atoms with Gasteiger partial charge < -0.3 is 14.8 Å². The standard InChI is InChI=1S/C22H25N3O3/c1-3-25-15-18(14-24-25)13-23-22(26)19-7-5-6-17(12-19)16-28-21-10-8-20(9-11-21)27-4-2/h5-12,14-15H,3-4,13,16H2,1-2H3,(H,23,26). The quantitative estimate of drug-likeness (QED) is 0.614. The summed E-state index contributed by atoms with van der Waals surface area (Å²) in [5, 5.41) is 7.13. The Morgan fingerprint density at radius 1 is 1.04 bits per heavy atom. The molecule has 0 fully saturated rings. The molecule has 3 rings (SSSR count). The van der Waals surface area contributed by atoms with Gasteiger partial charge in [-0.15, -0.1) is 0 Å². The van der Waals surface area contributed by atoms with Gasteiger partial charge in [-0.05, 0) is 55.8 Å². The van der Waals surface area contributed by atoms with Crippen molar-refractivity contribution in [3.8, 4) is 11.5 Å². The van der Waals surface area contributed by atoms with Gasteiger partial charge in [-0.2, -0.15) is 5.10 Å². The van der Waals surface area contributed by atoms with Gasteiger partial charge in [0.25, 0.3) is 5.91 Å². The zero-order valence-electron chi connectivity index (χ0n) is 16.2. The van der Waals surface area contributed by atoms with Crippen LogP contribution in [0.2, 0.25) is 0 Å². The highest BCUT2D eigenvalue weighted by atomic mass is 16.5. The number of ether oxygens (including phenoxy) is 2. The molecular formula is C22H25N3O3. The predicted molar refractivity (Wildman–Crippen MR) is 107 cm³/mol. The first-order valence-corrected chi connectivity index (χ1v) is 9.42. The van der Waals surface area contributed by atoms with Gasteiger partial charge in [-0.1, -0.05) is 12.1 Å². The largest absolute Gasteiger partial charge is 0.494 e. The lowest BCUT2D eigenvalue weighted by atomic mass is 10.1. The lowest BCUT2D eigenvalue weighted by Crippen LogP contribution is -2.22. The molecule has 28 heavy (non-hydrogen) atoms. The SMILES string of the molecule is CCOc1ccc(OCc2cccc(C(=O)NCc3cnn(CC)c3)c2)cc1. The number of nitrogens with one attached hydrogen (secondary N) is 1. The van der Waals surface area contributed by atoms with Gasteiger partial charge in [0, 0.05) is 30.4 Å². The Morgan fingerprint density at radius 3 is 2.46 bits per heavy atom. The first kappa shape index (κ1) is 19.5. The van der Waals surface area contributed by atoms with Crippen molar-refractivity contribution in [2.45, 2.75) is 33.5 Å². The van der Waals surface area contributed by atoms with Crippen LogP contribution in [-0.4, -0.2) is 22.3 Å². The number of carbonyl (C=O) groups is 1. The third-order valence-corrected chi connectivity index (χ3v) is 4.19. The minimum atomic E-state index is -0.118. The van der Waals surface area contributed by atoms with Crippen LogP contribution in [0.15, 0.2) is 60.9 Å². The third-order valence-electron chi connectivity index (χ3n) is 4.19. The smallest absolute Gasteiger partial charge is 0.251 e. The predicted octanol–water partition coefficient (Wildman–Crippen LogP) is 3.81. The summed E-state index contributed by atoms with van der Waals surface area (Å²) in [5.74, 6) is 1.46. The first-order valence-electron chi connectivity index (χ1n) is 9.42. The summed E-state index contributed by atoms with van der Waals surface area (Å²) >= 11 is 0. The van der Waals surface area contributed by atoms with E-state index in [9.17, 15) is 4.79 Å². The number of amides is 1. The molecule has 6 nitrogen and oxygen atoms in total. The molecule has 0 atom stereocenters. The molecule has 1 aromatic heterocycles. The molecule has 6 heteroatoms. The maximum absolute atomic E-state index is 12.4. The van der Waals surface area contributed by atoms with E-state index in [1.54, 1.807) is 12.3 Å². The minimum absolute atomic E-state index is 0.118. The Morgan fingerprint density at radius 2 is 1.79 bits per heavy atom. The van der Waals surface area contributed by atoms with E-state index < -0.39 is 0 Å². The molecular weight excluding hydrogens is 354 g/mol. The molecule has 1 amide bonds. The van der Waals surface area contributed by atoms with E-state index in [1.165, 1.54) is 0 Å². The third kappa shape index (κ3) is 5.36. The van der Waals surface area contributed by atoms with E-state index in [2.05, 4.69) is 10.4 Å². The summed E-state index contributed by atoms with van der Waals surface area (Å²) in [5.41, 5.74) is 2.52. The maximum Gasteiger partial charge on any atom is 0.251 e. The fourth-order valence-electron chi connectivity index (χ4n) is 2.72. The Kier molecular flexibility index (Phi) is 6.68. The molecule has 1 N–H and O–H groups in total. The van der Waals surface area contributed by atoms with Crippen LogP contribution in [0, 0.1) is 0 Å². The maximum atomic E-state index is 12.4. The molecule has 0 saturated heterocycles. The number of carbonyl (C=O) groups excluding carboxylic acids is 1. The first-order chi connectivity index (χ1) is 13.7. The van der Waals surface area contributed by atoms with Crippen LogP contribution in [0.25, 0.3) is 0 Å². The van der Waals surface area contributed by atoms with Crippen molar-refractivity contribution in [2.75, 3.05) is 6.61 Å². The molecule has 3 aromatic rings. The molecule has 0 radical (unpaired) electrons. The summed E-state index contributed by atoms with van der Waals surface area (Å²) < 4.78 is 13.1. The molecule has 0 saturated carbocycles. The number of hydrogen-bond donors (Lipinski definition) is 1. The van der Waals surface area contributed by atoms with Gasteiger partial charge in [0.1, 0.15) is 18.1 Å². The van der Waals surface area contributed by atoms with Crippen molar-refractivity contribution < 1.29 is 14.3 Å². The molecule has 2 aromatic carbocycles. The van der Waals surface area contributed by atoms with Gasteiger partial charge >= 0.3 is 0 Å². The summed E-state index contributed by atoms with van der Waals surface area (Å²) in [6.45, 7) is 6.26. The average Bonchev–Trinajstić information content (AvgIpc) is 3.20. The number of aryl methyl sites for hydroxylation is 1. The highest BCUT2D eigenvalue weighted by Crippen LogP contribution is 2.19. The van der Waals surface area contributed by atoms with Crippen LogP contribution >= 0.6 is 0 Å². The van der Waals surface area contributed by atoms with Crippen LogP contribution in [-0.2, 0) is 19.7 Å². The van der Waals surface area contributed by atoms with Gasteiger partial charge in [0.2, 0.25) is 0 Å². The molecule has 146 valence electrons. The summed E-state index contributed by atoms with van der Waals surface area (Å²) in [6.07, 6.45) is 3.70. The molecule has 0 spiro atoms. The second kappa shape index (κ2) is 9.60. The second-order valence-corrected chi connectivity index (χ2v) is 6.28. The van der Waals surface area contributed by atoms with Crippen LogP contribution in [0.4, 0.5) is 0 Å². The van der Waals surface area contributed by atoms with Crippen molar-refractivity contribution in [3.63, 3.8) is 0 Å². The van der Waals surface area contributed by atoms with E-state index in [4.69, 9.17) is 9.47 Å². The van der Waals surface area contributed by atoms with Crippen LogP contribution in [0.3, 0.4) is 0 Å². The molecule has 0 unspecified atom stereocenters. The van der Waals surface area contributed by atoms with Crippen LogP contribution in [0.5, 0.6) is 11.5 Å². The van der Waals surface area contributed by atoms with Crippen molar-refractivity contribution >= 4 is 5.91 Å². The molecule has 0 bridgehead atoms. The van der Waals surface area contributed by atoms with Gasteiger partial charge in [-0.25, -0.2) is 0 Å². The summed E-state index contributed by atoms with van der Waals surface area (Å²) in [7, 11) is 0. The Bertz CT molecular complexity index is 903. The average molecular weight is 379 g/mol. The lowest BCUT2D eigenvalue weighted by molar-refractivity contribution is 0.0950. The van der Waals surface area contributed by atoms with Crippen LogP contribution in [0.1, 0.15) is 35.3 Å². The van der Waals surface area contributed by atoms with Gasteiger partial charge in [0.05, 0.1) is 12.8 Å². The highest BCUT2D eigenvalue weighted by Gasteiger charge is 2.07. The van der Waals surface area contributed by atoms with E-state index in [-0.39, 0.29) is 5.91 Å². The van der Waals surface area contributed by atoms with Gasteiger partial charge in [0.15, 0.2) is 0 Å². The van der Waals surface area contributed by atoms with E-state index in [1.807, 2.05) is 67.2 Å². The highest BCUT2D eigenvalue weighted by molar-refractivity contribution is 5.94. The molecule has 1 heterocycles. The Hall–Kier alpha value is -3.28. The molecule has 0 aliphatic carbocycles. The van der Waals surface area contributed by atoms with Crippen molar-refractivity contribution in [1.82, 2.24) is 15.1 Å². The van der Waals surface area contributed by atoms with E-state index in [0.717, 1.165) is 29.2 Å². The van der Waals surface area contributed by atoms with Crippen molar-refractivity contribution in [2.24, 2.45) is 0 Å². The number of rotatable bonds is 9. The minimum Gasteiger partial charge on any atom is -0.494 e. The molecule has 0 aliphatic heterocycles. The normalized spacial score (nSPS) is 10.5. The monoisotopic (exact) mass is 379 g/mol. The van der Waals surface area contributed by atoms with Crippen molar-refractivity contribution in [1.29, 1.82) is 0 Å².